The first kappa shape index (κ1) is 14.0. The van der Waals surface area contributed by atoms with E-state index >= 15 is 0 Å². The maximum atomic E-state index is 13.6. The van der Waals surface area contributed by atoms with Crippen LogP contribution in [0.25, 0.3) is 0 Å². The molecule has 0 spiro atoms. The van der Waals surface area contributed by atoms with E-state index < -0.39 is 23.6 Å². The molecule has 4 nitrogen and oxygen atoms in total. The minimum Gasteiger partial charge on any atom is -0.464 e. The molecule has 0 saturated carbocycles. The molecule has 1 aromatic heterocycles. The molecule has 0 aliphatic heterocycles. The number of halogens is 2. The lowest BCUT2D eigenvalue weighted by Gasteiger charge is -2.12. The Labute approximate surface area is 114 Å². The molecule has 1 aromatic carbocycles. The van der Waals surface area contributed by atoms with E-state index in [2.05, 4.69) is 5.32 Å². The molecule has 2 rings (SSSR count). The molecule has 0 fully saturated rings. The molecule has 3 N–H and O–H groups in total. The van der Waals surface area contributed by atoms with E-state index in [9.17, 15) is 13.6 Å². The van der Waals surface area contributed by atoms with Crippen molar-refractivity contribution in [3.05, 3.63) is 53.0 Å². The molecular weight excluding hydrogens is 266 g/mol. The number of carbonyl (C=O) groups is 1. The number of aryl methyl sites for hydroxylation is 1. The van der Waals surface area contributed by atoms with E-state index in [0.29, 0.717) is 17.6 Å². The Balaban J connectivity index is 2.18. The SMILES string of the molecule is Cc1ccc(C(C)NC(=O)c2cc(N)c(F)cc2F)o1. The van der Waals surface area contributed by atoms with Crippen molar-refractivity contribution in [1.82, 2.24) is 5.32 Å². The summed E-state index contributed by atoms with van der Waals surface area (Å²) in [6, 6.07) is 4.60. The van der Waals surface area contributed by atoms with E-state index in [4.69, 9.17) is 10.2 Å². The average molecular weight is 280 g/mol. The third-order valence-corrected chi connectivity index (χ3v) is 2.87. The minimum atomic E-state index is -0.961. The molecular formula is C14H14F2N2O2. The predicted octanol–water partition coefficient (Wildman–Crippen LogP) is 2.94. The molecule has 1 heterocycles. The molecule has 1 unspecified atom stereocenters. The number of hydrogen-bond acceptors (Lipinski definition) is 3. The first-order valence-electron chi connectivity index (χ1n) is 6.00. The van der Waals surface area contributed by atoms with Crippen LogP contribution in [-0.2, 0) is 0 Å². The van der Waals surface area contributed by atoms with Gasteiger partial charge in [-0.2, -0.15) is 0 Å². The lowest BCUT2D eigenvalue weighted by Crippen LogP contribution is -2.27. The second-order valence-corrected chi connectivity index (χ2v) is 4.50. The highest BCUT2D eigenvalue weighted by atomic mass is 19.1. The van der Waals surface area contributed by atoms with Crippen LogP contribution in [-0.4, -0.2) is 5.91 Å². The molecule has 1 atom stereocenters. The molecule has 0 bridgehead atoms. The summed E-state index contributed by atoms with van der Waals surface area (Å²) < 4.78 is 32.0. The second kappa shape index (κ2) is 5.32. The number of nitrogens with two attached hydrogens (primary N) is 1. The number of amides is 1. The fourth-order valence-corrected chi connectivity index (χ4v) is 1.77. The summed E-state index contributed by atoms with van der Waals surface area (Å²) in [6.07, 6.45) is 0. The maximum absolute atomic E-state index is 13.6. The monoisotopic (exact) mass is 280 g/mol. The highest BCUT2D eigenvalue weighted by Gasteiger charge is 2.18. The Bertz CT molecular complexity index is 653. The first-order valence-corrected chi connectivity index (χ1v) is 6.00. The molecule has 0 saturated heterocycles. The van der Waals surface area contributed by atoms with Crippen LogP contribution in [0.4, 0.5) is 14.5 Å². The zero-order valence-electron chi connectivity index (χ0n) is 11.0. The lowest BCUT2D eigenvalue weighted by atomic mass is 10.1. The van der Waals surface area contributed by atoms with Gasteiger partial charge in [0.25, 0.3) is 5.91 Å². The van der Waals surface area contributed by atoms with Crippen molar-refractivity contribution in [1.29, 1.82) is 0 Å². The lowest BCUT2D eigenvalue weighted by molar-refractivity contribution is 0.0931. The van der Waals surface area contributed by atoms with Crippen LogP contribution < -0.4 is 11.1 Å². The van der Waals surface area contributed by atoms with Gasteiger partial charge in [0.1, 0.15) is 23.2 Å². The summed E-state index contributed by atoms with van der Waals surface area (Å²) in [5.74, 6) is -1.29. The summed E-state index contributed by atoms with van der Waals surface area (Å²) >= 11 is 0. The Kier molecular flexibility index (Phi) is 3.74. The number of nitrogens with one attached hydrogen (secondary N) is 1. The van der Waals surface area contributed by atoms with E-state index in [1.807, 2.05) is 0 Å². The summed E-state index contributed by atoms with van der Waals surface area (Å²) in [5.41, 5.74) is 4.75. The van der Waals surface area contributed by atoms with Gasteiger partial charge in [0.15, 0.2) is 0 Å². The van der Waals surface area contributed by atoms with Gasteiger partial charge in [-0.3, -0.25) is 4.79 Å². The third kappa shape index (κ3) is 2.79. The number of furan rings is 1. The predicted molar refractivity (Wildman–Crippen MR) is 70.1 cm³/mol. The van der Waals surface area contributed by atoms with Gasteiger partial charge in [-0.05, 0) is 32.0 Å². The van der Waals surface area contributed by atoms with Gasteiger partial charge in [0, 0.05) is 6.07 Å². The van der Waals surface area contributed by atoms with Crippen LogP contribution in [0.15, 0.2) is 28.7 Å². The van der Waals surface area contributed by atoms with Crippen molar-refractivity contribution < 1.29 is 18.0 Å². The average Bonchev–Trinajstić information content (AvgIpc) is 2.80. The Morgan fingerprint density at radius 2 is 2.00 bits per heavy atom. The first-order chi connectivity index (χ1) is 9.38. The number of carbonyl (C=O) groups excluding carboxylic acids is 1. The number of benzene rings is 1. The quantitative estimate of drug-likeness (QED) is 0.849. The molecule has 0 radical (unpaired) electrons. The zero-order valence-corrected chi connectivity index (χ0v) is 11.0. The number of nitrogen functional groups attached to an aromatic ring is 1. The van der Waals surface area contributed by atoms with Crippen LogP contribution in [0.2, 0.25) is 0 Å². The maximum Gasteiger partial charge on any atom is 0.254 e. The van der Waals surface area contributed by atoms with Crippen LogP contribution in [0, 0.1) is 18.6 Å². The van der Waals surface area contributed by atoms with Gasteiger partial charge in [0.2, 0.25) is 0 Å². The van der Waals surface area contributed by atoms with Gasteiger partial charge >= 0.3 is 0 Å². The van der Waals surface area contributed by atoms with Crippen molar-refractivity contribution >= 4 is 11.6 Å². The van der Waals surface area contributed by atoms with Crippen molar-refractivity contribution in [2.45, 2.75) is 19.9 Å². The van der Waals surface area contributed by atoms with E-state index in [0.717, 1.165) is 6.07 Å². The van der Waals surface area contributed by atoms with Crippen LogP contribution in [0.3, 0.4) is 0 Å². The highest BCUT2D eigenvalue weighted by molar-refractivity contribution is 5.95. The summed E-state index contributed by atoms with van der Waals surface area (Å²) in [6.45, 7) is 3.47. The van der Waals surface area contributed by atoms with Gasteiger partial charge < -0.3 is 15.5 Å². The molecule has 6 heteroatoms. The van der Waals surface area contributed by atoms with Crippen LogP contribution in [0.5, 0.6) is 0 Å². The number of hydrogen-bond donors (Lipinski definition) is 2. The third-order valence-electron chi connectivity index (χ3n) is 2.87. The Morgan fingerprint density at radius 1 is 1.30 bits per heavy atom. The van der Waals surface area contributed by atoms with Crippen molar-refractivity contribution in [3.63, 3.8) is 0 Å². The zero-order chi connectivity index (χ0) is 14.9. The minimum absolute atomic E-state index is 0.280. The van der Waals surface area contributed by atoms with E-state index in [1.165, 1.54) is 0 Å². The molecule has 20 heavy (non-hydrogen) atoms. The number of anilines is 1. The Morgan fingerprint density at radius 3 is 2.60 bits per heavy atom. The van der Waals surface area contributed by atoms with Crippen molar-refractivity contribution in [2.75, 3.05) is 5.73 Å². The largest absolute Gasteiger partial charge is 0.464 e. The number of rotatable bonds is 3. The summed E-state index contributed by atoms with van der Waals surface area (Å²) in [5, 5.41) is 2.56. The van der Waals surface area contributed by atoms with Crippen molar-refractivity contribution in [2.24, 2.45) is 0 Å². The molecule has 2 aromatic rings. The summed E-state index contributed by atoms with van der Waals surface area (Å²) in [7, 11) is 0. The van der Waals surface area contributed by atoms with Gasteiger partial charge in [0.05, 0.1) is 17.3 Å². The smallest absolute Gasteiger partial charge is 0.254 e. The fourth-order valence-electron chi connectivity index (χ4n) is 1.77. The molecule has 1 amide bonds. The van der Waals surface area contributed by atoms with E-state index in [1.54, 1.807) is 26.0 Å². The second-order valence-electron chi connectivity index (χ2n) is 4.50. The van der Waals surface area contributed by atoms with Crippen LogP contribution in [0.1, 0.15) is 34.8 Å². The van der Waals surface area contributed by atoms with E-state index in [-0.39, 0.29) is 11.3 Å². The van der Waals surface area contributed by atoms with Crippen LogP contribution >= 0.6 is 0 Å². The van der Waals surface area contributed by atoms with Gasteiger partial charge in [-0.15, -0.1) is 0 Å². The van der Waals surface area contributed by atoms with Gasteiger partial charge in [-0.25, -0.2) is 8.78 Å². The fraction of sp³-hybridized carbons (Fsp3) is 0.214. The standard InChI is InChI=1S/C14H14F2N2O2/c1-7-3-4-13(20-7)8(2)18-14(19)9-5-12(17)11(16)6-10(9)15/h3-6,8H,17H2,1-2H3,(H,18,19). The highest BCUT2D eigenvalue weighted by Crippen LogP contribution is 2.19. The van der Waals surface area contributed by atoms with Gasteiger partial charge in [-0.1, -0.05) is 0 Å². The summed E-state index contributed by atoms with van der Waals surface area (Å²) in [4.78, 5) is 11.9. The normalized spacial score (nSPS) is 12.2. The Hall–Kier alpha value is -2.37. The topological polar surface area (TPSA) is 68.3 Å². The molecule has 0 aliphatic rings. The molecule has 106 valence electrons. The molecule has 0 aliphatic carbocycles. The van der Waals surface area contributed by atoms with Crippen molar-refractivity contribution in [3.8, 4) is 0 Å².